The Balaban J connectivity index is 1.38. The van der Waals surface area contributed by atoms with Gasteiger partial charge in [0, 0.05) is 6.54 Å². The van der Waals surface area contributed by atoms with Gasteiger partial charge in [-0.3, -0.25) is 14.9 Å². The number of imide groups is 1. The van der Waals surface area contributed by atoms with Crippen LogP contribution in [-0.4, -0.2) is 35.8 Å². The molecule has 2 saturated heterocycles. The van der Waals surface area contributed by atoms with E-state index in [9.17, 15) is 14.4 Å². The zero-order valence-electron chi connectivity index (χ0n) is 15.3. The summed E-state index contributed by atoms with van der Waals surface area (Å²) in [5.74, 6) is -0.309. The number of esters is 1. The first-order valence-corrected chi connectivity index (χ1v) is 9.86. The Morgan fingerprint density at radius 3 is 2.48 bits per heavy atom. The van der Waals surface area contributed by atoms with E-state index in [4.69, 9.17) is 9.47 Å². The van der Waals surface area contributed by atoms with E-state index in [0.29, 0.717) is 17.2 Å². The van der Waals surface area contributed by atoms with E-state index >= 15 is 0 Å². The smallest absolute Gasteiger partial charge is 0.349 e. The summed E-state index contributed by atoms with van der Waals surface area (Å²) in [5.41, 5.74) is 1.66. The largest absolute Gasteiger partial charge is 0.477 e. The van der Waals surface area contributed by atoms with Gasteiger partial charge in [-0.1, -0.05) is 42.5 Å². The van der Waals surface area contributed by atoms with Gasteiger partial charge < -0.3 is 14.8 Å². The van der Waals surface area contributed by atoms with Gasteiger partial charge in [0.15, 0.2) is 0 Å². The van der Waals surface area contributed by atoms with Gasteiger partial charge in [0.1, 0.15) is 12.4 Å². The number of hydrogen-bond acceptors (Lipinski definition) is 7. The Hall–Kier alpha value is -3.10. The maximum absolute atomic E-state index is 12.5. The summed E-state index contributed by atoms with van der Waals surface area (Å²) < 4.78 is 11.3. The Morgan fingerprint density at radius 1 is 1.14 bits per heavy atom. The van der Waals surface area contributed by atoms with Crippen molar-refractivity contribution in [2.24, 2.45) is 0 Å². The lowest BCUT2D eigenvalue weighted by molar-refractivity contribution is -0.153. The predicted octanol–water partition coefficient (Wildman–Crippen LogP) is 2.47. The van der Waals surface area contributed by atoms with Gasteiger partial charge in [0.2, 0.25) is 6.10 Å². The number of benzene rings is 2. The number of nitrogens with one attached hydrogen (secondary N) is 2. The molecule has 1 unspecified atom stereocenters. The van der Waals surface area contributed by atoms with Crippen molar-refractivity contribution in [2.75, 3.05) is 6.54 Å². The molecule has 0 spiro atoms. The summed E-state index contributed by atoms with van der Waals surface area (Å²) in [6, 6.07) is 16.3. The maximum Gasteiger partial charge on any atom is 0.349 e. The van der Waals surface area contributed by atoms with Crippen LogP contribution in [0, 0.1) is 0 Å². The van der Waals surface area contributed by atoms with Crippen molar-refractivity contribution in [3.63, 3.8) is 0 Å². The summed E-state index contributed by atoms with van der Waals surface area (Å²) in [7, 11) is 0. The van der Waals surface area contributed by atoms with Gasteiger partial charge in [-0.05, 0) is 41.1 Å². The molecule has 2 aliphatic heterocycles. The second-order valence-electron chi connectivity index (χ2n) is 6.57. The Kier molecular flexibility index (Phi) is 5.64. The van der Waals surface area contributed by atoms with Crippen LogP contribution >= 0.6 is 11.8 Å². The van der Waals surface area contributed by atoms with Crippen molar-refractivity contribution < 1.29 is 23.9 Å². The molecule has 2 amide bonds. The molecule has 0 bridgehead atoms. The van der Waals surface area contributed by atoms with Gasteiger partial charge in [0.05, 0.1) is 10.9 Å². The first-order chi connectivity index (χ1) is 14.1. The lowest BCUT2D eigenvalue weighted by Crippen LogP contribution is -2.35. The normalized spacial score (nSPS) is 20.3. The molecule has 2 heterocycles. The highest BCUT2D eigenvalue weighted by Crippen LogP contribution is 2.26. The van der Waals surface area contributed by atoms with E-state index in [1.54, 1.807) is 30.3 Å². The second-order valence-corrected chi connectivity index (χ2v) is 7.58. The van der Waals surface area contributed by atoms with E-state index in [-0.39, 0.29) is 17.9 Å². The van der Waals surface area contributed by atoms with Crippen LogP contribution in [0.15, 0.2) is 59.5 Å². The quantitative estimate of drug-likeness (QED) is 0.411. The van der Waals surface area contributed by atoms with Crippen LogP contribution in [0.25, 0.3) is 6.08 Å². The molecule has 2 fully saturated rings. The van der Waals surface area contributed by atoms with E-state index in [0.717, 1.165) is 22.9 Å². The summed E-state index contributed by atoms with van der Waals surface area (Å²) in [5, 5.41) is 4.92. The van der Waals surface area contributed by atoms with E-state index < -0.39 is 18.0 Å². The summed E-state index contributed by atoms with van der Waals surface area (Å²) in [6.45, 7) is 0.882. The Morgan fingerprint density at radius 2 is 1.86 bits per heavy atom. The van der Waals surface area contributed by atoms with Crippen molar-refractivity contribution in [1.82, 2.24) is 10.6 Å². The average molecular weight is 410 g/mol. The highest BCUT2D eigenvalue weighted by atomic mass is 32.2. The molecule has 2 N–H and O–H groups in total. The number of hydrogen-bond donors (Lipinski definition) is 2. The minimum Gasteiger partial charge on any atom is -0.477 e. The molecule has 0 saturated carbocycles. The highest BCUT2D eigenvalue weighted by Gasteiger charge is 2.39. The molecular formula is C21H18N2O5S. The minimum atomic E-state index is -0.739. The molecule has 2 aliphatic rings. The van der Waals surface area contributed by atoms with Crippen LogP contribution < -0.4 is 15.4 Å². The number of rotatable bonds is 7. The van der Waals surface area contributed by atoms with Crippen LogP contribution in [0.1, 0.15) is 11.1 Å². The zero-order valence-corrected chi connectivity index (χ0v) is 16.1. The lowest BCUT2D eigenvalue weighted by Gasteiger charge is -2.17. The van der Waals surface area contributed by atoms with Gasteiger partial charge in [-0.15, -0.1) is 0 Å². The number of carbonyl (C=O) groups is 3. The minimum absolute atomic E-state index is 0.0790. The molecule has 4 rings (SSSR count). The molecule has 8 heteroatoms. The van der Waals surface area contributed by atoms with Crippen molar-refractivity contribution in [1.29, 1.82) is 0 Å². The molecule has 2 aromatic rings. The first kappa shape index (κ1) is 19.2. The van der Waals surface area contributed by atoms with E-state index in [2.05, 4.69) is 10.6 Å². The molecule has 7 nitrogen and oxygen atoms in total. The van der Waals surface area contributed by atoms with E-state index in [1.165, 1.54) is 0 Å². The second kappa shape index (κ2) is 8.50. The first-order valence-electron chi connectivity index (χ1n) is 9.04. The summed E-state index contributed by atoms with van der Waals surface area (Å²) in [4.78, 5) is 35.7. The molecule has 29 heavy (non-hydrogen) atoms. The van der Waals surface area contributed by atoms with Crippen molar-refractivity contribution in [2.45, 2.75) is 18.8 Å². The fourth-order valence-electron chi connectivity index (χ4n) is 2.75. The zero-order chi connectivity index (χ0) is 20.2. The van der Waals surface area contributed by atoms with Gasteiger partial charge in [-0.25, -0.2) is 4.79 Å². The number of carbonyl (C=O) groups excluding carboxylic acids is 3. The van der Waals surface area contributed by atoms with Crippen LogP contribution in [0.3, 0.4) is 0 Å². The van der Waals surface area contributed by atoms with Gasteiger partial charge in [-0.2, -0.15) is 0 Å². The molecule has 148 valence electrons. The van der Waals surface area contributed by atoms with Crippen LogP contribution in [0.2, 0.25) is 0 Å². The van der Waals surface area contributed by atoms with Gasteiger partial charge in [0.25, 0.3) is 11.1 Å². The standard InChI is InChI=1S/C21H18N2O5S/c24-19-17(29-21(26)23-19)10-13-6-8-15(9-7-13)28-18(16-11-22-16)20(25)27-12-14-4-2-1-3-5-14/h1-10,16,18,22H,11-12H2,(H,23,24,26)/t16-,18?/m0/s1. The SMILES string of the molecule is O=C1NC(=O)C(=Cc2ccc(OC(C(=O)OCc3ccccc3)[C@@H]3CN3)cc2)S1. The number of thioether (sulfide) groups is 1. The molecular weight excluding hydrogens is 392 g/mol. The topological polar surface area (TPSA) is 104 Å². The van der Waals surface area contributed by atoms with Crippen LogP contribution in [0.4, 0.5) is 4.79 Å². The monoisotopic (exact) mass is 410 g/mol. The van der Waals surface area contributed by atoms with E-state index in [1.807, 2.05) is 30.3 Å². The van der Waals surface area contributed by atoms with Crippen molar-refractivity contribution in [3.05, 3.63) is 70.6 Å². The molecule has 2 aromatic carbocycles. The Labute approximate surface area is 171 Å². The van der Waals surface area contributed by atoms with Crippen molar-refractivity contribution in [3.8, 4) is 5.75 Å². The third-order valence-electron chi connectivity index (χ3n) is 4.34. The fraction of sp³-hybridized carbons (Fsp3) is 0.190. The predicted molar refractivity (Wildman–Crippen MR) is 108 cm³/mol. The number of amides is 2. The average Bonchev–Trinajstić information content (AvgIpc) is 3.51. The Bertz CT molecular complexity index is 955. The number of ether oxygens (including phenoxy) is 2. The molecule has 0 aliphatic carbocycles. The molecule has 2 atom stereocenters. The van der Waals surface area contributed by atoms with Crippen LogP contribution in [-0.2, 0) is 20.9 Å². The molecule has 0 aromatic heterocycles. The van der Waals surface area contributed by atoms with Gasteiger partial charge >= 0.3 is 5.97 Å². The fourth-order valence-corrected chi connectivity index (χ4v) is 3.43. The third kappa shape index (κ3) is 5.04. The third-order valence-corrected chi connectivity index (χ3v) is 5.16. The van der Waals surface area contributed by atoms with Crippen molar-refractivity contribution >= 4 is 35.0 Å². The summed E-state index contributed by atoms with van der Waals surface area (Å²) in [6.07, 6.45) is 0.889. The maximum atomic E-state index is 12.5. The summed E-state index contributed by atoms with van der Waals surface area (Å²) >= 11 is 0.864. The highest BCUT2D eigenvalue weighted by molar-refractivity contribution is 8.18. The van der Waals surface area contributed by atoms with Crippen LogP contribution in [0.5, 0.6) is 5.75 Å². The molecule has 0 radical (unpaired) electrons. The lowest BCUT2D eigenvalue weighted by atomic mass is 10.2.